The Morgan fingerprint density at radius 2 is 2.00 bits per heavy atom. The average Bonchev–Trinajstić information content (AvgIpc) is 3.48. The highest BCUT2D eigenvalue weighted by molar-refractivity contribution is 7.91. The number of aromatic nitrogens is 1. The number of amides is 1. The minimum atomic E-state index is -3.69. The molecule has 2 aromatic rings. The van der Waals surface area contributed by atoms with Crippen molar-refractivity contribution in [1.82, 2.24) is 10.3 Å². The van der Waals surface area contributed by atoms with E-state index in [1.54, 1.807) is 30.5 Å². The largest absolute Gasteiger partial charge is 0.497 e. The van der Waals surface area contributed by atoms with Crippen molar-refractivity contribution in [1.29, 1.82) is 0 Å². The molecule has 0 unspecified atom stereocenters. The summed E-state index contributed by atoms with van der Waals surface area (Å²) in [5, 5.41) is 1.88. The molecule has 1 heterocycles. The van der Waals surface area contributed by atoms with Crippen LogP contribution in [0.4, 0.5) is 0 Å². The molecule has 3 rings (SSSR count). The van der Waals surface area contributed by atoms with Crippen LogP contribution in [0.1, 0.15) is 23.7 Å². The van der Waals surface area contributed by atoms with Crippen molar-refractivity contribution < 1.29 is 17.9 Å². The first-order valence-electron chi connectivity index (χ1n) is 8.08. The second kappa shape index (κ2) is 7.23. The van der Waals surface area contributed by atoms with Crippen LogP contribution < -0.4 is 10.1 Å². The molecule has 0 bridgehead atoms. The molecule has 1 aromatic heterocycles. The Balaban J connectivity index is 1.89. The van der Waals surface area contributed by atoms with Gasteiger partial charge in [-0.15, -0.1) is 0 Å². The van der Waals surface area contributed by atoms with Gasteiger partial charge in [0.15, 0.2) is 9.84 Å². The molecule has 7 heteroatoms. The summed E-state index contributed by atoms with van der Waals surface area (Å²) in [4.78, 5) is 16.2. The molecule has 6 nitrogen and oxygen atoms in total. The molecule has 1 amide bonds. The number of nitrogens with zero attached hydrogens (tertiary/aromatic N) is 1. The summed E-state index contributed by atoms with van der Waals surface area (Å²) in [6.07, 6.45) is 4.85. The van der Waals surface area contributed by atoms with Crippen molar-refractivity contribution in [3.8, 4) is 5.75 Å². The van der Waals surface area contributed by atoms with Gasteiger partial charge in [-0.1, -0.05) is 6.07 Å². The Labute approximate surface area is 147 Å². The summed E-state index contributed by atoms with van der Waals surface area (Å²) in [5.74, 6) is 0.524. The van der Waals surface area contributed by atoms with Gasteiger partial charge in [-0.3, -0.25) is 9.78 Å². The fourth-order valence-electron chi connectivity index (χ4n) is 2.59. The Morgan fingerprint density at radius 3 is 2.56 bits per heavy atom. The van der Waals surface area contributed by atoms with E-state index in [-0.39, 0.29) is 23.3 Å². The number of methoxy groups -OCH3 is 1. The topological polar surface area (TPSA) is 85.4 Å². The van der Waals surface area contributed by atoms with Crippen molar-refractivity contribution in [2.24, 2.45) is 5.92 Å². The number of hydrogen-bond acceptors (Lipinski definition) is 5. The number of nitrogens with one attached hydrogen (secondary N) is 1. The lowest BCUT2D eigenvalue weighted by atomic mass is 10.2. The lowest BCUT2D eigenvalue weighted by Gasteiger charge is -2.19. The van der Waals surface area contributed by atoms with Gasteiger partial charge in [0.1, 0.15) is 11.0 Å². The summed E-state index contributed by atoms with van der Waals surface area (Å²) in [6.45, 7) is 0.0232. The SMILES string of the molecule is COc1ccc(S(=O)(=O)[C@@H](CNC(=O)C2CC2)c2cccnc2)cc1. The normalized spacial score (nSPS) is 15.4. The van der Waals surface area contributed by atoms with Gasteiger partial charge in [0.05, 0.1) is 12.0 Å². The van der Waals surface area contributed by atoms with Crippen LogP contribution in [-0.2, 0) is 14.6 Å². The molecule has 1 N–H and O–H groups in total. The smallest absolute Gasteiger partial charge is 0.223 e. The summed E-state index contributed by atoms with van der Waals surface area (Å²) in [5.41, 5.74) is 0.550. The van der Waals surface area contributed by atoms with E-state index < -0.39 is 15.1 Å². The summed E-state index contributed by atoms with van der Waals surface area (Å²) >= 11 is 0. The first-order chi connectivity index (χ1) is 12.0. The fraction of sp³-hybridized carbons (Fsp3) is 0.333. The number of benzene rings is 1. The lowest BCUT2D eigenvalue weighted by molar-refractivity contribution is -0.122. The van der Waals surface area contributed by atoms with Crippen LogP contribution in [-0.4, -0.2) is 33.0 Å². The second-order valence-corrected chi connectivity index (χ2v) is 8.15. The molecule has 1 aliphatic rings. The van der Waals surface area contributed by atoms with E-state index in [2.05, 4.69) is 10.3 Å². The van der Waals surface area contributed by atoms with Crippen LogP contribution in [0.25, 0.3) is 0 Å². The van der Waals surface area contributed by atoms with Gasteiger partial charge in [0.25, 0.3) is 0 Å². The monoisotopic (exact) mass is 360 g/mol. The zero-order chi connectivity index (χ0) is 17.9. The maximum absolute atomic E-state index is 13.1. The zero-order valence-electron chi connectivity index (χ0n) is 13.9. The summed E-state index contributed by atoms with van der Waals surface area (Å²) in [6, 6.07) is 9.64. The zero-order valence-corrected chi connectivity index (χ0v) is 14.7. The molecule has 25 heavy (non-hydrogen) atoms. The van der Waals surface area contributed by atoms with Crippen LogP contribution >= 0.6 is 0 Å². The maximum Gasteiger partial charge on any atom is 0.223 e. The fourth-order valence-corrected chi connectivity index (χ4v) is 4.23. The van der Waals surface area contributed by atoms with Crippen LogP contribution in [0.2, 0.25) is 0 Å². The second-order valence-electron chi connectivity index (χ2n) is 6.01. The van der Waals surface area contributed by atoms with Crippen molar-refractivity contribution in [3.63, 3.8) is 0 Å². The van der Waals surface area contributed by atoms with E-state index >= 15 is 0 Å². The molecule has 132 valence electrons. The highest BCUT2D eigenvalue weighted by Crippen LogP contribution is 2.31. The molecule has 1 fully saturated rings. The van der Waals surface area contributed by atoms with Crippen molar-refractivity contribution in [3.05, 3.63) is 54.4 Å². The summed E-state index contributed by atoms with van der Waals surface area (Å²) in [7, 11) is -2.17. The minimum absolute atomic E-state index is 0.0232. The number of carbonyl (C=O) groups excluding carboxylic acids is 1. The number of pyridine rings is 1. The number of rotatable bonds is 7. The number of ether oxygens (including phenoxy) is 1. The highest BCUT2D eigenvalue weighted by Gasteiger charge is 2.33. The third-order valence-corrected chi connectivity index (χ3v) is 6.35. The molecule has 0 spiro atoms. The predicted molar refractivity (Wildman–Crippen MR) is 92.9 cm³/mol. The van der Waals surface area contributed by atoms with E-state index in [0.29, 0.717) is 11.3 Å². The van der Waals surface area contributed by atoms with Crippen molar-refractivity contribution >= 4 is 15.7 Å². The number of sulfone groups is 1. The molecule has 1 saturated carbocycles. The Morgan fingerprint density at radius 1 is 1.28 bits per heavy atom. The third-order valence-electron chi connectivity index (χ3n) is 4.23. The molecule has 0 radical (unpaired) electrons. The van der Waals surface area contributed by atoms with Gasteiger partial charge in [-0.25, -0.2) is 8.42 Å². The standard InChI is InChI=1S/C18H20N2O4S/c1-24-15-6-8-16(9-7-15)25(22,23)17(14-3-2-10-19-11-14)12-20-18(21)13-4-5-13/h2-3,6-11,13,17H,4-5,12H2,1H3,(H,20,21)/t17-/m0/s1. The molecular formula is C18H20N2O4S. The first-order valence-corrected chi connectivity index (χ1v) is 9.62. The van der Waals surface area contributed by atoms with Gasteiger partial charge < -0.3 is 10.1 Å². The van der Waals surface area contributed by atoms with E-state index in [0.717, 1.165) is 12.8 Å². The van der Waals surface area contributed by atoms with Gasteiger partial charge in [0.2, 0.25) is 5.91 Å². The van der Waals surface area contributed by atoms with Crippen LogP contribution in [0, 0.1) is 5.92 Å². The molecular weight excluding hydrogens is 340 g/mol. The number of carbonyl (C=O) groups is 1. The number of hydrogen-bond donors (Lipinski definition) is 1. The van der Waals surface area contributed by atoms with Gasteiger partial charge >= 0.3 is 0 Å². The maximum atomic E-state index is 13.1. The first kappa shape index (κ1) is 17.4. The Hall–Kier alpha value is -2.41. The van der Waals surface area contributed by atoms with Crippen molar-refractivity contribution in [2.75, 3.05) is 13.7 Å². The average molecular weight is 360 g/mol. The molecule has 1 aromatic carbocycles. The van der Waals surface area contributed by atoms with Crippen LogP contribution in [0.3, 0.4) is 0 Å². The van der Waals surface area contributed by atoms with Crippen molar-refractivity contribution in [2.45, 2.75) is 23.0 Å². The molecule has 1 atom stereocenters. The third kappa shape index (κ3) is 3.99. The minimum Gasteiger partial charge on any atom is -0.497 e. The van der Waals surface area contributed by atoms with Gasteiger partial charge in [0, 0.05) is 24.9 Å². The Kier molecular flexibility index (Phi) is 5.03. The highest BCUT2D eigenvalue weighted by atomic mass is 32.2. The predicted octanol–water partition coefficient (Wildman–Crippen LogP) is 2.13. The van der Waals surface area contributed by atoms with Crippen LogP contribution in [0.5, 0.6) is 5.75 Å². The molecule has 1 aliphatic carbocycles. The Bertz CT molecular complexity index is 831. The van der Waals surface area contributed by atoms with E-state index in [9.17, 15) is 13.2 Å². The van der Waals surface area contributed by atoms with E-state index in [4.69, 9.17) is 4.74 Å². The molecule has 0 aliphatic heterocycles. The van der Waals surface area contributed by atoms with E-state index in [1.165, 1.54) is 25.4 Å². The van der Waals surface area contributed by atoms with Gasteiger partial charge in [-0.2, -0.15) is 0 Å². The van der Waals surface area contributed by atoms with Crippen LogP contribution in [0.15, 0.2) is 53.7 Å². The lowest BCUT2D eigenvalue weighted by Crippen LogP contribution is -2.32. The van der Waals surface area contributed by atoms with E-state index in [1.807, 2.05) is 0 Å². The van der Waals surface area contributed by atoms with Gasteiger partial charge in [-0.05, 0) is 48.7 Å². The quantitative estimate of drug-likeness (QED) is 0.817. The summed E-state index contributed by atoms with van der Waals surface area (Å²) < 4.78 is 31.3. The molecule has 0 saturated heterocycles.